The Hall–Kier alpha value is -2.87. The van der Waals surface area contributed by atoms with Crippen molar-refractivity contribution in [3.05, 3.63) is 47.5 Å². The van der Waals surface area contributed by atoms with E-state index in [0.29, 0.717) is 18.4 Å². The maximum Gasteiger partial charge on any atom is 0.417 e. The number of carbonyl (C=O) groups is 3. The van der Waals surface area contributed by atoms with Crippen molar-refractivity contribution in [2.45, 2.75) is 97.2 Å². The van der Waals surface area contributed by atoms with Gasteiger partial charge in [0.2, 0.25) is 0 Å². The normalized spacial score (nSPS) is 23.7. The number of hydrogen-bond acceptors (Lipinski definition) is 6. The Morgan fingerprint density at radius 2 is 1.60 bits per heavy atom. The van der Waals surface area contributed by atoms with Crippen LogP contribution in [0.2, 0.25) is 0 Å². The number of rotatable bonds is 3. The fourth-order valence-corrected chi connectivity index (χ4v) is 4.34. The summed E-state index contributed by atoms with van der Waals surface area (Å²) in [7, 11) is 0. The van der Waals surface area contributed by atoms with Crippen molar-refractivity contribution in [3.8, 4) is 0 Å². The van der Waals surface area contributed by atoms with Crippen molar-refractivity contribution in [2.75, 3.05) is 6.61 Å². The second-order valence-corrected chi connectivity index (χ2v) is 11.6. The molecule has 3 rings (SSSR count). The van der Waals surface area contributed by atoms with E-state index in [1.54, 1.807) is 61.5 Å². The molecule has 1 aromatic carbocycles. The summed E-state index contributed by atoms with van der Waals surface area (Å²) < 4.78 is 17.0. The summed E-state index contributed by atoms with van der Waals surface area (Å²) in [6.45, 7) is 14.5. The fraction of sp³-hybridized carbons (Fsp3) is 0.593. The number of benzene rings is 1. The SMILES string of the molecule is CC(C)(C)OC(=O)N1C(=O)C(=CC2COC(C)(C)N2C(=O)OC(C)(C)C)CC1Cc1ccccc1. The van der Waals surface area contributed by atoms with E-state index in [-0.39, 0.29) is 6.61 Å². The monoisotopic (exact) mass is 486 g/mol. The molecule has 2 atom stereocenters. The quantitative estimate of drug-likeness (QED) is 0.555. The van der Waals surface area contributed by atoms with Crippen LogP contribution < -0.4 is 0 Å². The average molecular weight is 487 g/mol. The predicted molar refractivity (Wildman–Crippen MR) is 132 cm³/mol. The number of hydrogen-bond donors (Lipinski definition) is 0. The van der Waals surface area contributed by atoms with Crippen molar-refractivity contribution in [1.29, 1.82) is 0 Å². The molecule has 0 bridgehead atoms. The van der Waals surface area contributed by atoms with Crippen molar-refractivity contribution < 1.29 is 28.6 Å². The third-order valence-corrected chi connectivity index (χ3v) is 5.72. The summed E-state index contributed by atoms with van der Waals surface area (Å²) in [5.74, 6) is -0.408. The van der Waals surface area contributed by atoms with Gasteiger partial charge in [-0.05, 0) is 73.8 Å². The lowest BCUT2D eigenvalue weighted by Gasteiger charge is -2.34. The van der Waals surface area contributed by atoms with E-state index < -0.39 is 47.1 Å². The Balaban J connectivity index is 1.91. The number of likely N-dealkylation sites (tertiary alicyclic amines) is 1. The van der Waals surface area contributed by atoms with Gasteiger partial charge >= 0.3 is 12.2 Å². The average Bonchev–Trinajstić information content (AvgIpc) is 3.15. The number of amides is 3. The van der Waals surface area contributed by atoms with Crippen LogP contribution in [0.1, 0.15) is 67.4 Å². The van der Waals surface area contributed by atoms with E-state index in [0.717, 1.165) is 5.56 Å². The first kappa shape index (κ1) is 26.7. The maximum atomic E-state index is 13.5. The molecule has 3 amide bonds. The van der Waals surface area contributed by atoms with Gasteiger partial charge in [-0.3, -0.25) is 9.69 Å². The second-order valence-electron chi connectivity index (χ2n) is 11.6. The topological polar surface area (TPSA) is 85.4 Å². The predicted octanol–water partition coefficient (Wildman–Crippen LogP) is 5.06. The van der Waals surface area contributed by atoms with Crippen molar-refractivity contribution in [1.82, 2.24) is 9.80 Å². The lowest BCUT2D eigenvalue weighted by Crippen LogP contribution is -2.49. The molecule has 2 saturated heterocycles. The highest BCUT2D eigenvalue weighted by Gasteiger charge is 2.47. The first-order valence-corrected chi connectivity index (χ1v) is 12.0. The van der Waals surface area contributed by atoms with E-state index in [4.69, 9.17) is 14.2 Å². The Morgan fingerprint density at radius 1 is 1.03 bits per heavy atom. The van der Waals surface area contributed by atoms with Crippen LogP contribution in [0.15, 0.2) is 42.0 Å². The van der Waals surface area contributed by atoms with Gasteiger partial charge in [0.1, 0.15) is 16.9 Å². The van der Waals surface area contributed by atoms with Crippen LogP contribution in [0, 0.1) is 0 Å². The Kier molecular flexibility index (Phi) is 7.37. The molecular weight excluding hydrogens is 448 g/mol. The lowest BCUT2D eigenvalue weighted by molar-refractivity contribution is -0.125. The molecule has 2 fully saturated rings. The van der Waals surface area contributed by atoms with Crippen LogP contribution in [0.5, 0.6) is 0 Å². The van der Waals surface area contributed by atoms with Gasteiger partial charge in [-0.1, -0.05) is 36.4 Å². The first-order valence-electron chi connectivity index (χ1n) is 12.0. The highest BCUT2D eigenvalue weighted by atomic mass is 16.6. The van der Waals surface area contributed by atoms with E-state index in [9.17, 15) is 14.4 Å². The van der Waals surface area contributed by atoms with Crippen LogP contribution in [0.4, 0.5) is 9.59 Å². The summed E-state index contributed by atoms with van der Waals surface area (Å²) >= 11 is 0. The molecule has 8 heteroatoms. The molecule has 0 aliphatic carbocycles. The van der Waals surface area contributed by atoms with Gasteiger partial charge in [0.25, 0.3) is 5.91 Å². The fourth-order valence-electron chi connectivity index (χ4n) is 4.34. The molecule has 0 aromatic heterocycles. The minimum Gasteiger partial charge on any atom is -0.444 e. The van der Waals surface area contributed by atoms with Crippen molar-refractivity contribution in [3.63, 3.8) is 0 Å². The largest absolute Gasteiger partial charge is 0.444 e. The third-order valence-electron chi connectivity index (χ3n) is 5.72. The number of imide groups is 1. The Bertz CT molecular complexity index is 987. The van der Waals surface area contributed by atoms with Crippen LogP contribution >= 0.6 is 0 Å². The van der Waals surface area contributed by atoms with Gasteiger partial charge in [-0.2, -0.15) is 0 Å². The summed E-state index contributed by atoms with van der Waals surface area (Å²) in [6.07, 6.45) is 1.41. The number of carbonyl (C=O) groups excluding carboxylic acids is 3. The van der Waals surface area contributed by atoms with Gasteiger partial charge in [0, 0.05) is 5.57 Å². The van der Waals surface area contributed by atoms with Gasteiger partial charge < -0.3 is 14.2 Å². The molecule has 192 valence electrons. The minimum atomic E-state index is -0.903. The molecule has 0 spiro atoms. The molecule has 8 nitrogen and oxygen atoms in total. The second kappa shape index (κ2) is 9.64. The zero-order valence-corrected chi connectivity index (χ0v) is 22.1. The highest BCUT2D eigenvalue weighted by molar-refractivity contribution is 6.05. The standard InChI is InChI=1S/C27H38N2O6/c1-25(2,3)34-23(31)28-20(14-18-12-10-9-11-13-18)15-19(22(28)30)16-21-17-33-27(7,8)29(21)24(32)35-26(4,5)6/h9-13,16,20-21H,14-15,17H2,1-8H3. The van der Waals surface area contributed by atoms with E-state index in [1.165, 1.54) is 9.80 Å². The Morgan fingerprint density at radius 3 is 2.17 bits per heavy atom. The van der Waals surface area contributed by atoms with Gasteiger partial charge in [-0.15, -0.1) is 0 Å². The van der Waals surface area contributed by atoms with Gasteiger partial charge in [0.05, 0.1) is 18.7 Å². The summed E-state index contributed by atoms with van der Waals surface area (Å²) in [5, 5.41) is 0. The number of nitrogens with zero attached hydrogens (tertiary/aromatic N) is 2. The lowest BCUT2D eigenvalue weighted by atomic mass is 10.0. The van der Waals surface area contributed by atoms with Crippen LogP contribution in [-0.4, -0.2) is 63.5 Å². The zero-order valence-electron chi connectivity index (χ0n) is 22.1. The molecular formula is C27H38N2O6. The third kappa shape index (κ3) is 6.63. The van der Waals surface area contributed by atoms with Gasteiger partial charge in [0.15, 0.2) is 0 Å². The summed E-state index contributed by atoms with van der Waals surface area (Å²) in [6, 6.07) is 8.82. The summed E-state index contributed by atoms with van der Waals surface area (Å²) in [5.41, 5.74) is -0.847. The Labute approximate surface area is 208 Å². The maximum absolute atomic E-state index is 13.5. The van der Waals surface area contributed by atoms with Crippen molar-refractivity contribution >= 4 is 18.1 Å². The number of ether oxygens (including phenoxy) is 3. The zero-order chi connectivity index (χ0) is 26.2. The van der Waals surface area contributed by atoms with E-state index in [1.807, 2.05) is 30.3 Å². The molecule has 2 unspecified atom stereocenters. The first-order chi connectivity index (χ1) is 16.1. The van der Waals surface area contributed by atoms with E-state index in [2.05, 4.69) is 0 Å². The van der Waals surface area contributed by atoms with Crippen LogP contribution in [0.3, 0.4) is 0 Å². The van der Waals surface area contributed by atoms with Crippen LogP contribution in [0.25, 0.3) is 0 Å². The molecule has 2 heterocycles. The molecule has 2 aliphatic heterocycles. The van der Waals surface area contributed by atoms with Crippen LogP contribution in [-0.2, 0) is 25.4 Å². The molecule has 2 aliphatic rings. The van der Waals surface area contributed by atoms with Crippen molar-refractivity contribution in [2.24, 2.45) is 0 Å². The molecule has 0 saturated carbocycles. The molecule has 0 radical (unpaired) electrons. The van der Waals surface area contributed by atoms with E-state index >= 15 is 0 Å². The highest BCUT2D eigenvalue weighted by Crippen LogP contribution is 2.34. The molecule has 35 heavy (non-hydrogen) atoms. The molecule has 1 aromatic rings. The molecule has 0 N–H and O–H groups in total. The smallest absolute Gasteiger partial charge is 0.417 e. The minimum absolute atomic E-state index is 0.221. The summed E-state index contributed by atoms with van der Waals surface area (Å²) in [4.78, 5) is 42.2. The van der Waals surface area contributed by atoms with Gasteiger partial charge in [-0.25, -0.2) is 14.5 Å².